The second kappa shape index (κ2) is 3.11. The molecule has 0 aromatic heterocycles. The topological polar surface area (TPSA) is 18.5 Å². The standard InChI is InChI=1S/C9H11ClO2/c1-6-2-8-9(12-5-11-8)3-7(6)4-10/h2,9H,3-5H2,1H3/i3D2,5D2,9D. The maximum Gasteiger partial charge on any atom is 0.189 e. The van der Waals surface area contributed by atoms with E-state index < -0.39 is 19.2 Å². The zero-order chi connectivity index (χ0) is 13.1. The predicted octanol–water partition coefficient (Wildman–Crippen LogP) is 2.20. The highest BCUT2D eigenvalue weighted by Gasteiger charge is 2.27. The third-order valence-electron chi connectivity index (χ3n) is 1.74. The van der Waals surface area contributed by atoms with Gasteiger partial charge in [0.05, 0.1) is 1.37 Å². The van der Waals surface area contributed by atoms with Crippen LogP contribution in [0.1, 0.15) is 20.2 Å². The number of alkyl halides is 1. The molecule has 0 N–H and O–H groups in total. The van der Waals surface area contributed by atoms with Crippen LogP contribution < -0.4 is 0 Å². The van der Waals surface area contributed by atoms with E-state index in [9.17, 15) is 0 Å². The summed E-state index contributed by atoms with van der Waals surface area (Å²) >= 11 is 5.68. The van der Waals surface area contributed by atoms with E-state index in [1.54, 1.807) is 6.92 Å². The molecule has 0 aromatic rings. The molecule has 2 rings (SSSR count). The Morgan fingerprint density at radius 1 is 1.92 bits per heavy atom. The molecule has 0 aromatic carbocycles. The van der Waals surface area contributed by atoms with Crippen molar-refractivity contribution in [3.05, 3.63) is 23.0 Å². The Morgan fingerprint density at radius 2 is 2.75 bits per heavy atom. The second-order valence-corrected chi connectivity index (χ2v) is 2.81. The highest BCUT2D eigenvalue weighted by molar-refractivity contribution is 6.19. The highest BCUT2D eigenvalue weighted by atomic mass is 35.5. The van der Waals surface area contributed by atoms with Crippen molar-refractivity contribution in [2.75, 3.05) is 12.6 Å². The van der Waals surface area contributed by atoms with E-state index in [4.69, 9.17) is 27.9 Å². The molecular weight excluding hydrogens is 176 g/mol. The number of ether oxygens (including phenoxy) is 2. The van der Waals surface area contributed by atoms with Crippen LogP contribution in [-0.4, -0.2) is 18.7 Å². The molecule has 0 saturated carbocycles. The van der Waals surface area contributed by atoms with Gasteiger partial charge in [0.15, 0.2) is 6.75 Å². The Morgan fingerprint density at radius 3 is 3.50 bits per heavy atom. The minimum absolute atomic E-state index is 0.0877. The quantitative estimate of drug-likeness (QED) is 0.592. The van der Waals surface area contributed by atoms with Crippen molar-refractivity contribution in [1.82, 2.24) is 0 Å². The fourth-order valence-electron chi connectivity index (χ4n) is 1.04. The van der Waals surface area contributed by atoms with Gasteiger partial charge in [0, 0.05) is 15.0 Å². The van der Waals surface area contributed by atoms with Gasteiger partial charge < -0.3 is 9.47 Å². The lowest BCUT2D eigenvalue weighted by Gasteiger charge is -2.17. The van der Waals surface area contributed by atoms with Crippen molar-refractivity contribution in [2.24, 2.45) is 0 Å². The molecule has 66 valence electrons. The fraction of sp³-hybridized carbons (Fsp3) is 0.556. The Bertz CT molecular complexity index is 431. The van der Waals surface area contributed by atoms with E-state index in [0.29, 0.717) is 5.57 Å². The van der Waals surface area contributed by atoms with Gasteiger partial charge in [-0.1, -0.05) is 0 Å². The van der Waals surface area contributed by atoms with Crippen molar-refractivity contribution in [3.63, 3.8) is 0 Å². The summed E-state index contributed by atoms with van der Waals surface area (Å²) in [7, 11) is 0. The van der Waals surface area contributed by atoms with Crippen LogP contribution in [0.4, 0.5) is 0 Å². The van der Waals surface area contributed by atoms with Gasteiger partial charge in [-0.15, -0.1) is 11.6 Å². The minimum Gasteiger partial charge on any atom is -0.469 e. The monoisotopic (exact) mass is 191 g/mol. The van der Waals surface area contributed by atoms with Crippen molar-refractivity contribution in [2.45, 2.75) is 19.4 Å². The first-order valence-corrected chi connectivity index (χ1v) is 4.05. The smallest absolute Gasteiger partial charge is 0.189 e. The van der Waals surface area contributed by atoms with Gasteiger partial charge in [0.1, 0.15) is 14.6 Å². The van der Waals surface area contributed by atoms with Crippen LogP contribution in [0.25, 0.3) is 0 Å². The van der Waals surface area contributed by atoms with Gasteiger partial charge >= 0.3 is 0 Å². The summed E-state index contributed by atoms with van der Waals surface area (Å²) in [5.74, 6) is -0.255. The Kier molecular flexibility index (Phi) is 1.08. The van der Waals surface area contributed by atoms with Gasteiger partial charge in [-0.05, 0) is 24.1 Å². The van der Waals surface area contributed by atoms with Crippen LogP contribution in [0.2, 0.25) is 0 Å². The molecule has 1 heterocycles. The molecule has 0 amide bonds. The zero-order valence-electron chi connectivity index (χ0n) is 11.5. The number of hydrogen-bond donors (Lipinski definition) is 0. The Hall–Kier alpha value is -0.470. The van der Waals surface area contributed by atoms with Crippen LogP contribution in [0, 0.1) is 0 Å². The Balaban J connectivity index is 2.57. The molecule has 1 unspecified atom stereocenters. The lowest BCUT2D eigenvalue weighted by molar-refractivity contribution is 0.0501. The molecule has 1 atom stereocenters. The molecule has 0 spiro atoms. The fourth-order valence-corrected chi connectivity index (χ4v) is 1.32. The molecule has 1 aliphatic carbocycles. The SMILES string of the molecule is [2H]C1([2H])OC2=CC(C)=C(CCl)C([2H])([2H])C2([2H])O1. The molecular formula is C9H11ClO2. The molecule has 1 saturated heterocycles. The summed E-state index contributed by atoms with van der Waals surface area (Å²) in [5, 5.41) is 0. The molecule has 3 heteroatoms. The lowest BCUT2D eigenvalue weighted by atomic mass is 9.97. The van der Waals surface area contributed by atoms with Crippen molar-refractivity contribution < 1.29 is 16.3 Å². The normalized spacial score (nSPS) is 48.8. The van der Waals surface area contributed by atoms with Gasteiger partial charge in [0.2, 0.25) is 0 Å². The molecule has 2 nitrogen and oxygen atoms in total. The van der Waals surface area contributed by atoms with E-state index in [1.165, 1.54) is 6.08 Å². The second-order valence-electron chi connectivity index (χ2n) is 2.55. The highest BCUT2D eigenvalue weighted by Crippen LogP contribution is 2.31. The zero-order valence-corrected chi connectivity index (χ0v) is 7.23. The Labute approximate surface area is 83.8 Å². The molecule has 0 radical (unpaired) electrons. The average Bonchev–Trinajstić information content (AvgIpc) is 2.37. The number of rotatable bonds is 1. The maximum absolute atomic E-state index is 8.00. The van der Waals surface area contributed by atoms with E-state index >= 15 is 0 Å². The van der Waals surface area contributed by atoms with Crippen molar-refractivity contribution in [1.29, 1.82) is 0 Å². The molecule has 1 fully saturated rings. The van der Waals surface area contributed by atoms with Gasteiger partial charge in [-0.2, -0.15) is 0 Å². The first-order chi connectivity index (χ1) is 7.64. The lowest BCUT2D eigenvalue weighted by Crippen LogP contribution is -2.14. The number of allylic oxidation sites excluding steroid dienone is 2. The van der Waals surface area contributed by atoms with Crippen LogP contribution in [0.5, 0.6) is 0 Å². The minimum atomic E-state index is -2.50. The van der Waals surface area contributed by atoms with Crippen LogP contribution in [0.3, 0.4) is 0 Å². The largest absolute Gasteiger partial charge is 0.469 e. The van der Waals surface area contributed by atoms with E-state index in [2.05, 4.69) is 0 Å². The average molecular weight is 192 g/mol. The van der Waals surface area contributed by atoms with Crippen molar-refractivity contribution >= 4 is 11.6 Å². The number of halogens is 1. The summed E-state index contributed by atoms with van der Waals surface area (Å²) in [6, 6.07) is 0. The molecule has 2 aliphatic rings. The molecule has 12 heavy (non-hydrogen) atoms. The third-order valence-corrected chi connectivity index (χ3v) is 2.01. The van der Waals surface area contributed by atoms with Gasteiger partial charge in [-0.3, -0.25) is 0 Å². The summed E-state index contributed by atoms with van der Waals surface area (Å²) in [4.78, 5) is 0. The predicted molar refractivity (Wildman–Crippen MR) is 46.9 cm³/mol. The van der Waals surface area contributed by atoms with Crippen molar-refractivity contribution in [3.8, 4) is 0 Å². The summed E-state index contributed by atoms with van der Waals surface area (Å²) < 4.78 is 48.1. The first kappa shape index (κ1) is 4.16. The number of hydrogen-bond acceptors (Lipinski definition) is 2. The van der Waals surface area contributed by atoms with Gasteiger partial charge in [0.25, 0.3) is 0 Å². The van der Waals surface area contributed by atoms with Gasteiger partial charge in [-0.25, -0.2) is 0 Å². The third kappa shape index (κ3) is 1.25. The number of fused-ring (bicyclic) bond motifs is 1. The van der Waals surface area contributed by atoms with Crippen LogP contribution >= 0.6 is 11.6 Å². The molecule has 0 bridgehead atoms. The summed E-state index contributed by atoms with van der Waals surface area (Å²) in [6.07, 6.45) is -3.05. The molecule has 1 aliphatic heterocycles. The van der Waals surface area contributed by atoms with E-state index in [-0.39, 0.29) is 17.2 Å². The van der Waals surface area contributed by atoms with E-state index in [0.717, 1.165) is 0 Å². The van der Waals surface area contributed by atoms with E-state index in [1.807, 2.05) is 0 Å². The van der Waals surface area contributed by atoms with Crippen LogP contribution in [-0.2, 0) is 9.47 Å². The first-order valence-electron chi connectivity index (χ1n) is 6.01. The summed E-state index contributed by atoms with van der Waals surface area (Å²) in [5.41, 5.74) is 0.739. The summed E-state index contributed by atoms with van der Waals surface area (Å²) in [6.45, 7) is -0.859. The van der Waals surface area contributed by atoms with Crippen LogP contribution in [0.15, 0.2) is 23.0 Å². The maximum atomic E-state index is 8.00.